The topological polar surface area (TPSA) is 60.9 Å². The highest BCUT2D eigenvalue weighted by Crippen LogP contribution is 2.26. The average Bonchev–Trinajstić information content (AvgIpc) is 2.85. The highest BCUT2D eigenvalue weighted by Gasteiger charge is 2.33. The van der Waals surface area contributed by atoms with E-state index in [4.69, 9.17) is 0 Å². The second-order valence-electron chi connectivity index (χ2n) is 8.96. The van der Waals surface area contributed by atoms with Crippen molar-refractivity contribution in [2.75, 3.05) is 44.2 Å². The molecule has 1 amide bonds. The Bertz CT molecular complexity index is 1100. The predicted octanol–water partition coefficient (Wildman–Crippen LogP) is 3.66. The molecule has 0 unspecified atom stereocenters. The molecule has 0 bridgehead atoms. The number of carbonyl (C=O) groups excluding carboxylic acids is 1. The maximum absolute atomic E-state index is 13.1. The van der Waals surface area contributed by atoms with Gasteiger partial charge in [-0.1, -0.05) is 42.5 Å². The van der Waals surface area contributed by atoms with Gasteiger partial charge in [0, 0.05) is 56.3 Å². The largest absolute Gasteiger partial charge is 0.368 e. The van der Waals surface area contributed by atoms with Crippen LogP contribution in [0.2, 0.25) is 0 Å². The summed E-state index contributed by atoms with van der Waals surface area (Å²) >= 11 is 0. The van der Waals surface area contributed by atoms with Crippen molar-refractivity contribution in [3.05, 3.63) is 70.6 Å². The summed E-state index contributed by atoms with van der Waals surface area (Å²) in [4.78, 5) is 17.4. The van der Waals surface area contributed by atoms with Crippen molar-refractivity contribution in [1.82, 2.24) is 9.21 Å². The zero-order chi connectivity index (χ0) is 23.4. The fraction of sp³-hybridized carbons (Fsp3) is 0.423. The van der Waals surface area contributed by atoms with Crippen LogP contribution in [0, 0.1) is 19.8 Å². The molecule has 2 aromatic rings. The number of anilines is 1. The summed E-state index contributed by atoms with van der Waals surface area (Å²) in [7, 11) is -3.48. The third-order valence-corrected chi connectivity index (χ3v) is 8.47. The third-order valence-electron chi connectivity index (χ3n) is 6.90. The van der Waals surface area contributed by atoms with Gasteiger partial charge in [0.05, 0.1) is 0 Å². The van der Waals surface area contributed by atoms with E-state index in [0.29, 0.717) is 39.0 Å². The smallest absolute Gasteiger partial charge is 0.236 e. The monoisotopic (exact) mass is 467 g/mol. The van der Waals surface area contributed by atoms with E-state index in [2.05, 4.69) is 36.9 Å². The van der Waals surface area contributed by atoms with Crippen LogP contribution in [0.4, 0.5) is 5.69 Å². The van der Waals surface area contributed by atoms with E-state index in [-0.39, 0.29) is 11.8 Å². The molecular formula is C26H33N3O3S. The van der Waals surface area contributed by atoms with Gasteiger partial charge in [0.25, 0.3) is 0 Å². The summed E-state index contributed by atoms with van der Waals surface area (Å²) in [6, 6.07) is 15.8. The number of rotatable bonds is 5. The van der Waals surface area contributed by atoms with Crippen LogP contribution in [-0.2, 0) is 14.8 Å². The Hall–Kier alpha value is -2.64. The number of piperazine rings is 1. The first-order valence-electron chi connectivity index (χ1n) is 11.7. The van der Waals surface area contributed by atoms with E-state index in [1.807, 2.05) is 35.2 Å². The third kappa shape index (κ3) is 5.47. The Labute approximate surface area is 197 Å². The molecule has 2 aliphatic rings. The van der Waals surface area contributed by atoms with E-state index in [0.717, 1.165) is 18.7 Å². The first-order valence-corrected chi connectivity index (χ1v) is 13.2. The minimum absolute atomic E-state index is 0.0955. The molecule has 0 aromatic heterocycles. The van der Waals surface area contributed by atoms with Crippen LogP contribution >= 0.6 is 0 Å². The lowest BCUT2D eigenvalue weighted by molar-refractivity contribution is -0.137. The van der Waals surface area contributed by atoms with E-state index in [1.54, 1.807) is 6.08 Å². The van der Waals surface area contributed by atoms with Gasteiger partial charge in [-0.2, -0.15) is 4.31 Å². The Kier molecular flexibility index (Phi) is 7.20. The number of hydrogen-bond acceptors (Lipinski definition) is 4. The molecule has 0 atom stereocenters. The lowest BCUT2D eigenvalue weighted by Gasteiger charge is -2.39. The van der Waals surface area contributed by atoms with Crippen LogP contribution in [0.3, 0.4) is 0 Å². The van der Waals surface area contributed by atoms with Crippen LogP contribution in [0.1, 0.15) is 29.5 Å². The Morgan fingerprint density at radius 1 is 0.879 bits per heavy atom. The summed E-state index contributed by atoms with van der Waals surface area (Å²) in [6.45, 7) is 8.14. The number of amides is 1. The van der Waals surface area contributed by atoms with Gasteiger partial charge >= 0.3 is 0 Å². The van der Waals surface area contributed by atoms with Gasteiger partial charge in [0.1, 0.15) is 0 Å². The quantitative estimate of drug-likeness (QED) is 0.673. The summed E-state index contributed by atoms with van der Waals surface area (Å²) < 4.78 is 26.9. The number of nitrogens with zero attached hydrogens (tertiary/aromatic N) is 3. The Balaban J connectivity index is 1.29. The standard InChI is InChI=1S/C26H33N3O3S/c1-21-7-6-10-25(22(21)2)27-16-18-28(19-17-27)26(30)24-11-14-29(15-12-24)33(31,32)20-13-23-8-4-3-5-9-23/h3-10,13,20,24H,11-12,14-19H2,1-2H3. The van der Waals surface area contributed by atoms with Crippen molar-refractivity contribution < 1.29 is 13.2 Å². The molecule has 6 nitrogen and oxygen atoms in total. The molecule has 0 aliphatic carbocycles. The first-order chi connectivity index (χ1) is 15.8. The average molecular weight is 468 g/mol. The number of hydrogen-bond donors (Lipinski definition) is 0. The number of aryl methyl sites for hydroxylation is 1. The molecule has 176 valence electrons. The molecule has 2 saturated heterocycles. The zero-order valence-electron chi connectivity index (χ0n) is 19.5. The predicted molar refractivity (Wildman–Crippen MR) is 133 cm³/mol. The number of carbonyl (C=O) groups is 1. The SMILES string of the molecule is Cc1cccc(N2CCN(C(=O)C3CCN(S(=O)(=O)C=Cc4ccccc4)CC3)CC2)c1C. The van der Waals surface area contributed by atoms with Crippen molar-refractivity contribution in [3.63, 3.8) is 0 Å². The Morgan fingerprint density at radius 2 is 1.55 bits per heavy atom. The van der Waals surface area contributed by atoms with Gasteiger partial charge in [-0.15, -0.1) is 0 Å². The number of sulfonamides is 1. The van der Waals surface area contributed by atoms with Gasteiger partial charge < -0.3 is 9.80 Å². The second kappa shape index (κ2) is 10.1. The molecule has 2 aromatic carbocycles. The lowest BCUT2D eigenvalue weighted by atomic mass is 9.96. The fourth-order valence-corrected chi connectivity index (χ4v) is 5.90. The van der Waals surface area contributed by atoms with Gasteiger partial charge in [0.15, 0.2) is 0 Å². The van der Waals surface area contributed by atoms with Crippen molar-refractivity contribution >= 4 is 27.7 Å². The molecule has 33 heavy (non-hydrogen) atoms. The van der Waals surface area contributed by atoms with Gasteiger partial charge in [-0.3, -0.25) is 4.79 Å². The molecule has 0 saturated carbocycles. The van der Waals surface area contributed by atoms with Gasteiger partial charge in [-0.25, -0.2) is 8.42 Å². The van der Waals surface area contributed by atoms with E-state index < -0.39 is 10.0 Å². The van der Waals surface area contributed by atoms with Crippen molar-refractivity contribution in [1.29, 1.82) is 0 Å². The van der Waals surface area contributed by atoms with Gasteiger partial charge in [-0.05, 0) is 55.5 Å². The maximum Gasteiger partial charge on any atom is 0.236 e. The zero-order valence-corrected chi connectivity index (χ0v) is 20.3. The van der Waals surface area contributed by atoms with Gasteiger partial charge in [0.2, 0.25) is 15.9 Å². The van der Waals surface area contributed by atoms with Crippen LogP contribution in [-0.4, -0.2) is 62.8 Å². The summed E-state index contributed by atoms with van der Waals surface area (Å²) in [5.74, 6) is 0.0781. The number of benzene rings is 2. The summed E-state index contributed by atoms with van der Waals surface area (Å²) in [5.41, 5.74) is 4.69. The molecule has 7 heteroatoms. The molecule has 2 fully saturated rings. The van der Waals surface area contributed by atoms with Crippen LogP contribution in [0.25, 0.3) is 6.08 Å². The number of piperidine rings is 1. The van der Waals surface area contributed by atoms with Crippen LogP contribution in [0.15, 0.2) is 53.9 Å². The highest BCUT2D eigenvalue weighted by molar-refractivity contribution is 7.92. The molecule has 0 radical (unpaired) electrons. The van der Waals surface area contributed by atoms with Crippen LogP contribution < -0.4 is 4.90 Å². The van der Waals surface area contributed by atoms with Crippen molar-refractivity contribution in [2.24, 2.45) is 5.92 Å². The summed E-state index contributed by atoms with van der Waals surface area (Å²) in [5, 5.41) is 1.27. The Morgan fingerprint density at radius 3 is 2.21 bits per heavy atom. The first kappa shape index (κ1) is 23.5. The summed E-state index contributed by atoms with van der Waals surface area (Å²) in [6.07, 6.45) is 2.78. The molecular weight excluding hydrogens is 434 g/mol. The molecule has 2 aliphatic heterocycles. The van der Waals surface area contributed by atoms with E-state index >= 15 is 0 Å². The van der Waals surface area contributed by atoms with Crippen molar-refractivity contribution in [3.8, 4) is 0 Å². The highest BCUT2D eigenvalue weighted by atomic mass is 32.2. The molecule has 0 spiro atoms. The van der Waals surface area contributed by atoms with E-state index in [9.17, 15) is 13.2 Å². The minimum atomic E-state index is -3.48. The molecule has 0 N–H and O–H groups in total. The fourth-order valence-electron chi connectivity index (χ4n) is 4.68. The van der Waals surface area contributed by atoms with Crippen LogP contribution in [0.5, 0.6) is 0 Å². The normalized spacial score (nSPS) is 18.7. The van der Waals surface area contributed by atoms with Crippen molar-refractivity contribution in [2.45, 2.75) is 26.7 Å². The lowest BCUT2D eigenvalue weighted by Crippen LogP contribution is -2.52. The second-order valence-corrected chi connectivity index (χ2v) is 10.8. The molecule has 4 rings (SSSR count). The molecule has 2 heterocycles. The maximum atomic E-state index is 13.1. The van der Waals surface area contributed by atoms with E-state index in [1.165, 1.54) is 26.5 Å². The minimum Gasteiger partial charge on any atom is -0.368 e.